The molecule has 2 rings (SSSR count). The summed E-state index contributed by atoms with van der Waals surface area (Å²) < 4.78 is 0. The zero-order chi connectivity index (χ0) is 22.7. The fourth-order valence-corrected chi connectivity index (χ4v) is 3.30. The molecule has 0 radical (unpaired) electrons. The Morgan fingerprint density at radius 2 is 1.43 bits per heavy atom. The molecule has 0 aliphatic heterocycles. The molecule has 0 unspecified atom stereocenters. The number of likely N-dealkylation sites (N-methyl/N-ethyl adjacent to an activating group) is 2. The maximum Gasteiger partial charge on any atom is 0.351 e. The zero-order valence-corrected chi connectivity index (χ0v) is 18.6. The highest BCUT2D eigenvalue weighted by molar-refractivity contribution is 7.99. The molecule has 0 saturated heterocycles. The fraction of sp³-hybridized carbons (Fsp3) is 0.286. The van der Waals surface area contributed by atoms with Crippen LogP contribution in [0.1, 0.15) is 13.8 Å². The van der Waals surface area contributed by atoms with Crippen LogP contribution in [-0.4, -0.2) is 49.6 Å². The molecule has 0 aliphatic rings. The highest BCUT2D eigenvalue weighted by Crippen LogP contribution is 2.29. The molecule has 0 aromatic heterocycles. The number of aliphatic carboxylic acids is 2. The van der Waals surface area contributed by atoms with Crippen LogP contribution in [-0.2, 0) is 14.4 Å². The molecule has 1 amide bonds. The van der Waals surface area contributed by atoms with Gasteiger partial charge < -0.3 is 24.8 Å². The van der Waals surface area contributed by atoms with E-state index >= 15 is 0 Å². The number of hydrogen-bond acceptors (Lipinski definition) is 5. The number of benzene rings is 2. The number of carbonyl (C=O) groups is 3. The van der Waals surface area contributed by atoms with E-state index in [1.807, 2.05) is 55.6 Å². The van der Waals surface area contributed by atoms with Gasteiger partial charge in [0.2, 0.25) is 0 Å². The summed E-state index contributed by atoms with van der Waals surface area (Å²) in [5, 5.41) is 17.1. The summed E-state index contributed by atoms with van der Waals surface area (Å²) in [6.07, 6.45) is 0. The fourth-order valence-electron chi connectivity index (χ4n) is 2.35. The maximum absolute atomic E-state index is 12.4. The SMILES string of the molecule is CC[NH+](CC)CC(=O)N(C)c1ccc(Sc2ccc(Cl)cc2)cc1.O=C([O-])C(=O)O. The Morgan fingerprint density at radius 1 is 1.00 bits per heavy atom. The molecular weight excluding hydrogens is 428 g/mol. The number of nitrogens with one attached hydrogen (secondary N) is 1. The van der Waals surface area contributed by atoms with Crippen LogP contribution in [0.3, 0.4) is 0 Å². The molecule has 2 N–H and O–H groups in total. The number of amides is 1. The number of quaternary nitrogens is 1. The van der Waals surface area contributed by atoms with Crippen LogP contribution in [0.4, 0.5) is 5.69 Å². The van der Waals surface area contributed by atoms with Crippen LogP contribution in [0.15, 0.2) is 58.3 Å². The van der Waals surface area contributed by atoms with E-state index < -0.39 is 11.9 Å². The van der Waals surface area contributed by atoms with Gasteiger partial charge >= 0.3 is 5.97 Å². The lowest BCUT2D eigenvalue weighted by Crippen LogP contribution is -3.12. The van der Waals surface area contributed by atoms with E-state index in [0.717, 1.165) is 33.6 Å². The van der Waals surface area contributed by atoms with Crippen LogP contribution >= 0.6 is 23.4 Å². The van der Waals surface area contributed by atoms with Crippen molar-refractivity contribution in [3.05, 3.63) is 53.6 Å². The molecule has 0 spiro atoms. The molecule has 0 bridgehead atoms. The molecule has 0 aliphatic carbocycles. The predicted octanol–water partition coefficient (Wildman–Crippen LogP) is 1.20. The lowest BCUT2D eigenvalue weighted by Gasteiger charge is -2.21. The Labute approximate surface area is 185 Å². The lowest BCUT2D eigenvalue weighted by atomic mass is 10.3. The third-order valence-corrected chi connectivity index (χ3v) is 5.49. The number of halogens is 1. The van der Waals surface area contributed by atoms with Gasteiger partial charge in [0.05, 0.1) is 13.1 Å². The summed E-state index contributed by atoms with van der Waals surface area (Å²) in [7, 11) is 1.84. The number of anilines is 1. The smallest absolute Gasteiger partial charge is 0.351 e. The largest absolute Gasteiger partial charge is 0.539 e. The summed E-state index contributed by atoms with van der Waals surface area (Å²) in [5.74, 6) is -3.86. The van der Waals surface area contributed by atoms with Gasteiger partial charge in [-0.3, -0.25) is 4.79 Å². The Hall–Kier alpha value is -2.55. The van der Waals surface area contributed by atoms with Crippen molar-refractivity contribution in [1.82, 2.24) is 0 Å². The van der Waals surface area contributed by atoms with E-state index in [0.29, 0.717) is 6.54 Å². The molecule has 0 atom stereocenters. The third kappa shape index (κ3) is 8.86. The van der Waals surface area contributed by atoms with Crippen molar-refractivity contribution >= 4 is 46.9 Å². The molecular formula is C21H25ClN2O5S. The molecule has 2 aromatic rings. The van der Waals surface area contributed by atoms with Crippen molar-refractivity contribution in [2.24, 2.45) is 0 Å². The first-order valence-electron chi connectivity index (χ1n) is 9.25. The van der Waals surface area contributed by atoms with Crippen molar-refractivity contribution in [1.29, 1.82) is 0 Å². The van der Waals surface area contributed by atoms with E-state index in [-0.39, 0.29) is 5.91 Å². The van der Waals surface area contributed by atoms with E-state index in [9.17, 15) is 4.79 Å². The van der Waals surface area contributed by atoms with E-state index in [1.54, 1.807) is 16.7 Å². The number of nitrogens with zero attached hydrogens (tertiary/aromatic N) is 1. The van der Waals surface area contributed by atoms with Gasteiger partial charge in [0, 0.05) is 27.5 Å². The Balaban J connectivity index is 0.000000656. The molecule has 0 saturated carbocycles. The molecule has 162 valence electrons. The summed E-state index contributed by atoms with van der Waals surface area (Å²) in [6.45, 7) is 6.67. The molecule has 0 heterocycles. The van der Waals surface area contributed by atoms with Gasteiger partial charge in [0.15, 0.2) is 12.5 Å². The predicted molar refractivity (Wildman–Crippen MR) is 115 cm³/mol. The highest BCUT2D eigenvalue weighted by Gasteiger charge is 2.16. The van der Waals surface area contributed by atoms with Gasteiger partial charge in [-0.15, -0.1) is 0 Å². The number of carbonyl (C=O) groups excluding carboxylic acids is 2. The Bertz CT molecular complexity index is 827. The summed E-state index contributed by atoms with van der Waals surface area (Å²) in [4.78, 5) is 35.7. The second kappa shape index (κ2) is 12.9. The third-order valence-electron chi connectivity index (χ3n) is 4.22. The Morgan fingerprint density at radius 3 is 1.83 bits per heavy atom. The van der Waals surface area contributed by atoms with Gasteiger partial charge in [-0.1, -0.05) is 23.4 Å². The average molecular weight is 453 g/mol. The number of hydrogen-bond donors (Lipinski definition) is 2. The van der Waals surface area contributed by atoms with Gasteiger partial charge in [0.25, 0.3) is 5.91 Å². The molecule has 0 fully saturated rings. The average Bonchev–Trinajstić information content (AvgIpc) is 2.73. The molecule has 9 heteroatoms. The van der Waals surface area contributed by atoms with Crippen molar-refractivity contribution < 1.29 is 29.5 Å². The van der Waals surface area contributed by atoms with Crippen LogP contribution < -0.4 is 14.9 Å². The molecule has 2 aromatic carbocycles. The van der Waals surface area contributed by atoms with Gasteiger partial charge in [-0.25, -0.2) is 4.79 Å². The van der Waals surface area contributed by atoms with Crippen LogP contribution in [0, 0.1) is 0 Å². The van der Waals surface area contributed by atoms with E-state index in [2.05, 4.69) is 13.8 Å². The normalized spacial score (nSPS) is 10.2. The van der Waals surface area contributed by atoms with E-state index in [1.165, 1.54) is 4.90 Å². The van der Waals surface area contributed by atoms with Crippen molar-refractivity contribution in [2.75, 3.05) is 31.6 Å². The zero-order valence-electron chi connectivity index (χ0n) is 17.1. The quantitative estimate of drug-likeness (QED) is 0.612. The van der Waals surface area contributed by atoms with Gasteiger partial charge in [0.1, 0.15) is 0 Å². The van der Waals surface area contributed by atoms with E-state index in [4.69, 9.17) is 31.4 Å². The second-order valence-corrected chi connectivity index (χ2v) is 7.81. The summed E-state index contributed by atoms with van der Waals surface area (Å²) in [5.41, 5.74) is 0.923. The van der Waals surface area contributed by atoms with Crippen LogP contribution in [0.5, 0.6) is 0 Å². The number of rotatable bonds is 7. The minimum absolute atomic E-state index is 0.145. The second-order valence-electron chi connectivity index (χ2n) is 6.23. The highest BCUT2D eigenvalue weighted by atomic mass is 35.5. The summed E-state index contributed by atoms with van der Waals surface area (Å²) >= 11 is 7.59. The number of carboxylic acid groups (broad SMARTS) is 2. The monoisotopic (exact) mass is 452 g/mol. The van der Waals surface area contributed by atoms with Gasteiger partial charge in [-0.05, 0) is 62.4 Å². The maximum atomic E-state index is 12.4. The first-order valence-corrected chi connectivity index (χ1v) is 10.4. The molecule has 30 heavy (non-hydrogen) atoms. The lowest BCUT2D eigenvalue weighted by molar-refractivity contribution is -0.888. The first-order chi connectivity index (χ1) is 14.2. The summed E-state index contributed by atoms with van der Waals surface area (Å²) in [6, 6.07) is 15.9. The van der Waals surface area contributed by atoms with Gasteiger partial charge in [-0.2, -0.15) is 0 Å². The topological polar surface area (TPSA) is 102 Å². The first kappa shape index (κ1) is 25.5. The Kier molecular flexibility index (Phi) is 11.0. The van der Waals surface area contributed by atoms with Crippen LogP contribution in [0.25, 0.3) is 0 Å². The van der Waals surface area contributed by atoms with Crippen LogP contribution in [0.2, 0.25) is 5.02 Å². The van der Waals surface area contributed by atoms with Crippen molar-refractivity contribution in [3.8, 4) is 0 Å². The number of carboxylic acids is 2. The van der Waals surface area contributed by atoms with Crippen molar-refractivity contribution in [3.63, 3.8) is 0 Å². The van der Waals surface area contributed by atoms with Crippen molar-refractivity contribution in [2.45, 2.75) is 23.6 Å². The molecule has 7 nitrogen and oxygen atoms in total. The standard InChI is InChI=1S/C19H23ClN2OS.C2H2O4/c1-4-22(5-2)14-19(23)21(3)16-8-12-18(13-9-16)24-17-10-6-15(20)7-11-17;3-1(4)2(5)6/h6-13H,4-5,14H2,1-3H3;(H,3,4)(H,5,6). The minimum atomic E-state index is -2.07. The minimum Gasteiger partial charge on any atom is -0.539 e.